The molecule has 1 saturated carbocycles. The topological polar surface area (TPSA) is 12.9 Å². The summed E-state index contributed by atoms with van der Waals surface area (Å²) in [6.45, 7) is 7.11. The first-order valence-electron chi connectivity index (χ1n) is 13.4. The lowest BCUT2D eigenvalue weighted by Crippen LogP contribution is -2.16. The molecule has 0 saturated heterocycles. The molecule has 0 amide bonds. The van der Waals surface area contributed by atoms with Gasteiger partial charge in [-0.25, -0.2) is 22.0 Å². The molecule has 1 aromatic heterocycles. The average molecular weight is 532 g/mol. The van der Waals surface area contributed by atoms with E-state index >= 15 is 4.39 Å². The zero-order valence-electron chi connectivity index (χ0n) is 22.7. The van der Waals surface area contributed by atoms with Crippen LogP contribution in [-0.4, -0.2) is 11.9 Å². The maximum atomic E-state index is 16.5. The minimum Gasteiger partial charge on any atom is -0.260 e. The van der Waals surface area contributed by atoms with E-state index in [1.807, 2.05) is 6.20 Å². The summed E-state index contributed by atoms with van der Waals surface area (Å²) < 4.78 is 63.3. The van der Waals surface area contributed by atoms with Crippen LogP contribution in [0.1, 0.15) is 107 Å². The minimum atomic E-state index is -1.75. The second-order valence-corrected chi connectivity index (χ2v) is 11.0. The Bertz CT molecular complexity index is 1150. The van der Waals surface area contributed by atoms with E-state index in [2.05, 4.69) is 27.7 Å². The van der Waals surface area contributed by atoms with Crippen LogP contribution in [0.5, 0.6) is 0 Å². The van der Waals surface area contributed by atoms with Gasteiger partial charge in [-0.1, -0.05) is 71.2 Å². The number of halogens is 5. The number of benzene rings is 2. The molecule has 1 fully saturated rings. The molecule has 0 radical (unpaired) electrons. The van der Waals surface area contributed by atoms with Crippen LogP contribution in [0.2, 0.25) is 0 Å². The highest BCUT2D eigenvalue weighted by molar-refractivity contribution is 5.74. The van der Waals surface area contributed by atoms with Gasteiger partial charge >= 0.3 is 0 Å². The summed E-state index contributed by atoms with van der Waals surface area (Å²) in [5, 5.41) is 0. The number of rotatable bonds is 8. The Morgan fingerprint density at radius 2 is 1.45 bits per heavy atom. The molecule has 1 aliphatic carbocycles. The summed E-state index contributed by atoms with van der Waals surface area (Å²) in [5.41, 5.74) is 4.49. The van der Waals surface area contributed by atoms with Gasteiger partial charge in [0.1, 0.15) is 11.6 Å². The van der Waals surface area contributed by atoms with Crippen molar-refractivity contribution in [3.63, 3.8) is 0 Å². The smallest absolute Gasteiger partial charge is 0.229 e. The first kappa shape index (κ1) is 29.8. The van der Waals surface area contributed by atoms with E-state index in [9.17, 15) is 17.6 Å². The Hall–Kier alpha value is -2.76. The molecular weight excluding hydrogens is 493 g/mol. The Kier molecular flexibility index (Phi) is 10.5. The molecule has 2 aromatic carbocycles. The minimum absolute atomic E-state index is 0.121. The van der Waals surface area contributed by atoms with Crippen molar-refractivity contribution in [3.8, 4) is 11.1 Å². The van der Waals surface area contributed by atoms with Crippen molar-refractivity contribution in [1.82, 2.24) is 4.98 Å². The quantitative estimate of drug-likeness (QED) is 0.264. The average Bonchev–Trinajstić information content (AvgIpc) is 3.43. The Morgan fingerprint density at radius 3 is 1.97 bits per heavy atom. The fourth-order valence-electron chi connectivity index (χ4n) is 5.53. The fourth-order valence-corrected chi connectivity index (χ4v) is 5.53. The molecule has 206 valence electrons. The van der Waals surface area contributed by atoms with Gasteiger partial charge < -0.3 is 0 Å². The van der Waals surface area contributed by atoms with E-state index in [-0.39, 0.29) is 23.1 Å². The summed E-state index contributed by atoms with van der Waals surface area (Å²) in [5.74, 6) is -0.385. The third kappa shape index (κ3) is 7.21. The maximum absolute atomic E-state index is 16.5. The normalized spacial score (nSPS) is 15.6. The number of aromatic nitrogens is 1. The highest BCUT2D eigenvalue weighted by Gasteiger charge is 2.32. The zero-order chi connectivity index (χ0) is 27.9. The lowest BCUT2D eigenvalue weighted by atomic mass is 9.76. The fraction of sp³-hybridized carbons (Fsp3) is 0.469. The van der Waals surface area contributed by atoms with Crippen LogP contribution in [0.25, 0.3) is 11.1 Å². The number of hydrogen-bond donors (Lipinski definition) is 0. The summed E-state index contributed by atoms with van der Waals surface area (Å²) in [7, 11) is 0. The molecular formula is C32H38F5N. The first-order chi connectivity index (χ1) is 18.1. The van der Waals surface area contributed by atoms with Crippen LogP contribution in [-0.2, 0) is 0 Å². The number of nitrogens with zero attached hydrogens (tertiary/aromatic N) is 1. The van der Waals surface area contributed by atoms with Crippen molar-refractivity contribution < 1.29 is 22.0 Å². The number of alkyl halides is 3. The standard InChI is InChI=1S/C31H36F3N.CH2F2/c1-5-31(3,4)18-20(2)26-19-35-30(23-8-6-7-9-23)28(27(26)21-10-14-24(32)15-11-21)29(34)22-12-16-25(33)17-13-22;2-1-3/h10-17,19-20,23,29H,5-9,18H2,1-4H3;1H2/t20-,29?;/m0./s1. The van der Waals surface area contributed by atoms with E-state index in [0.29, 0.717) is 11.1 Å². The van der Waals surface area contributed by atoms with Crippen LogP contribution in [0.4, 0.5) is 22.0 Å². The Morgan fingerprint density at radius 1 is 0.921 bits per heavy atom. The molecule has 0 N–H and O–H groups in total. The van der Waals surface area contributed by atoms with Gasteiger partial charge in [0, 0.05) is 17.7 Å². The summed E-state index contributed by atoms with van der Waals surface area (Å²) in [4.78, 5) is 4.92. The van der Waals surface area contributed by atoms with Crippen LogP contribution in [0, 0.1) is 17.0 Å². The lowest BCUT2D eigenvalue weighted by Gasteiger charge is -2.30. The highest BCUT2D eigenvalue weighted by Crippen LogP contribution is 2.47. The molecule has 6 heteroatoms. The van der Waals surface area contributed by atoms with E-state index in [4.69, 9.17) is 4.98 Å². The summed E-state index contributed by atoms with van der Waals surface area (Å²) in [6, 6.07) is 12.0. The third-order valence-corrected chi connectivity index (χ3v) is 7.81. The van der Waals surface area contributed by atoms with E-state index in [0.717, 1.165) is 60.9 Å². The molecule has 0 aliphatic heterocycles. The van der Waals surface area contributed by atoms with Crippen molar-refractivity contribution in [1.29, 1.82) is 0 Å². The molecule has 2 atom stereocenters. The first-order valence-corrected chi connectivity index (χ1v) is 13.4. The van der Waals surface area contributed by atoms with Gasteiger partial charge in [0.25, 0.3) is 0 Å². The van der Waals surface area contributed by atoms with Gasteiger partial charge in [0.05, 0.1) is 5.69 Å². The van der Waals surface area contributed by atoms with Crippen LogP contribution in [0.15, 0.2) is 54.7 Å². The van der Waals surface area contributed by atoms with Crippen molar-refractivity contribution in [2.45, 2.75) is 84.2 Å². The van der Waals surface area contributed by atoms with Crippen LogP contribution >= 0.6 is 0 Å². The predicted octanol–water partition coefficient (Wildman–Crippen LogP) is 10.6. The maximum Gasteiger partial charge on any atom is 0.229 e. The molecule has 1 unspecified atom stereocenters. The molecule has 0 spiro atoms. The van der Waals surface area contributed by atoms with Crippen molar-refractivity contribution in [2.24, 2.45) is 5.41 Å². The second kappa shape index (κ2) is 13.3. The molecule has 3 aromatic rings. The zero-order valence-corrected chi connectivity index (χ0v) is 22.7. The monoisotopic (exact) mass is 531 g/mol. The molecule has 38 heavy (non-hydrogen) atoms. The largest absolute Gasteiger partial charge is 0.260 e. The van der Waals surface area contributed by atoms with Crippen LogP contribution < -0.4 is 0 Å². The van der Waals surface area contributed by atoms with E-state index in [1.165, 1.54) is 36.4 Å². The van der Waals surface area contributed by atoms with Gasteiger partial charge in [-0.05, 0) is 77.1 Å². The van der Waals surface area contributed by atoms with Gasteiger partial charge in [0.2, 0.25) is 6.93 Å². The van der Waals surface area contributed by atoms with Gasteiger partial charge in [-0.2, -0.15) is 0 Å². The highest BCUT2D eigenvalue weighted by atomic mass is 19.3. The second-order valence-electron chi connectivity index (χ2n) is 11.0. The van der Waals surface area contributed by atoms with E-state index < -0.39 is 18.9 Å². The number of pyridine rings is 1. The van der Waals surface area contributed by atoms with Crippen molar-refractivity contribution >= 4 is 0 Å². The Labute approximate surface area is 223 Å². The van der Waals surface area contributed by atoms with Crippen LogP contribution in [0.3, 0.4) is 0 Å². The molecule has 1 aliphatic rings. The Balaban J connectivity index is 0.00000127. The lowest BCUT2D eigenvalue weighted by molar-refractivity contribution is 0.295. The summed E-state index contributed by atoms with van der Waals surface area (Å²) in [6.07, 6.45) is 6.62. The summed E-state index contributed by atoms with van der Waals surface area (Å²) >= 11 is 0. The molecule has 1 heterocycles. The van der Waals surface area contributed by atoms with Gasteiger partial charge in [-0.15, -0.1) is 0 Å². The van der Waals surface area contributed by atoms with Crippen molar-refractivity contribution in [3.05, 3.63) is 88.7 Å². The van der Waals surface area contributed by atoms with Gasteiger partial charge in [-0.3, -0.25) is 4.98 Å². The predicted molar refractivity (Wildman–Crippen MR) is 144 cm³/mol. The SMILES string of the molecule is CCC(C)(C)C[C@H](C)c1cnc(C2CCCC2)c(C(F)c2ccc(F)cc2)c1-c1ccc(F)cc1.FCF. The van der Waals surface area contributed by atoms with E-state index in [1.54, 1.807) is 12.1 Å². The van der Waals surface area contributed by atoms with Crippen molar-refractivity contribution in [2.75, 3.05) is 6.93 Å². The molecule has 0 bridgehead atoms. The van der Waals surface area contributed by atoms with Gasteiger partial charge in [0.15, 0.2) is 6.17 Å². The molecule has 4 rings (SSSR count). The number of hydrogen-bond acceptors (Lipinski definition) is 1. The molecule has 1 nitrogen and oxygen atoms in total. The third-order valence-electron chi connectivity index (χ3n) is 7.81.